The van der Waals surface area contributed by atoms with Crippen LogP contribution in [0.25, 0.3) is 0 Å². The van der Waals surface area contributed by atoms with Crippen LogP contribution in [0.15, 0.2) is 29.4 Å². The van der Waals surface area contributed by atoms with Crippen LogP contribution in [0.1, 0.15) is 22.3 Å². The van der Waals surface area contributed by atoms with E-state index in [2.05, 4.69) is 15.3 Å². The van der Waals surface area contributed by atoms with Crippen LogP contribution in [0, 0.1) is 0 Å². The summed E-state index contributed by atoms with van der Waals surface area (Å²) in [5.74, 6) is 0.177. The molecular formula is C12H10F3N3OS2. The molecule has 1 N–H and O–H groups in total. The van der Waals surface area contributed by atoms with Gasteiger partial charge in [0.1, 0.15) is 10.6 Å². The summed E-state index contributed by atoms with van der Waals surface area (Å²) in [4.78, 5) is 19.4. The van der Waals surface area contributed by atoms with E-state index in [4.69, 9.17) is 0 Å². The first-order valence-electron chi connectivity index (χ1n) is 5.84. The van der Waals surface area contributed by atoms with Crippen molar-refractivity contribution >= 4 is 34.1 Å². The number of thioether (sulfide) groups is 1. The minimum absolute atomic E-state index is 0.106. The third kappa shape index (κ3) is 3.94. The molecule has 9 heteroatoms. The van der Waals surface area contributed by atoms with Gasteiger partial charge in [-0.3, -0.25) is 10.1 Å². The Kier molecular flexibility index (Phi) is 4.84. The third-order valence-electron chi connectivity index (χ3n) is 2.29. The Morgan fingerprint density at radius 1 is 1.43 bits per heavy atom. The number of alkyl halides is 3. The summed E-state index contributed by atoms with van der Waals surface area (Å²) >= 11 is 1.81. The van der Waals surface area contributed by atoms with Crippen LogP contribution in [0.3, 0.4) is 0 Å². The van der Waals surface area contributed by atoms with Crippen molar-refractivity contribution in [2.24, 2.45) is 0 Å². The van der Waals surface area contributed by atoms with E-state index >= 15 is 0 Å². The Hall–Kier alpha value is -1.61. The van der Waals surface area contributed by atoms with Crippen LogP contribution in [0.4, 0.5) is 18.3 Å². The third-order valence-corrected chi connectivity index (χ3v) is 4.18. The van der Waals surface area contributed by atoms with Gasteiger partial charge in [0.25, 0.3) is 5.91 Å². The SMILES string of the molecule is CCSc1cccnc1C(=O)Nc1ncc(C(F)(F)F)s1. The minimum atomic E-state index is -4.46. The van der Waals surface area contributed by atoms with E-state index in [1.165, 1.54) is 18.0 Å². The largest absolute Gasteiger partial charge is 0.427 e. The summed E-state index contributed by atoms with van der Waals surface area (Å²) in [6.45, 7) is 1.93. The predicted octanol–water partition coefficient (Wildman–Crippen LogP) is 3.92. The molecule has 0 aliphatic carbocycles. The van der Waals surface area contributed by atoms with E-state index in [0.717, 1.165) is 5.75 Å². The summed E-state index contributed by atoms with van der Waals surface area (Å²) < 4.78 is 37.4. The second-order valence-corrected chi connectivity index (χ2v) is 6.10. The lowest BCUT2D eigenvalue weighted by atomic mass is 10.3. The van der Waals surface area contributed by atoms with Gasteiger partial charge in [-0.05, 0) is 17.9 Å². The summed E-state index contributed by atoms with van der Waals surface area (Å²) in [6.07, 6.45) is -2.31. The molecule has 2 aromatic heterocycles. The maximum absolute atomic E-state index is 12.5. The van der Waals surface area contributed by atoms with Crippen molar-refractivity contribution in [2.45, 2.75) is 18.0 Å². The maximum Gasteiger partial charge on any atom is 0.427 e. The van der Waals surface area contributed by atoms with Crippen LogP contribution >= 0.6 is 23.1 Å². The smallest absolute Gasteiger partial charge is 0.296 e. The number of hydrogen-bond acceptors (Lipinski definition) is 5. The zero-order chi connectivity index (χ0) is 15.5. The second-order valence-electron chi connectivity index (χ2n) is 3.76. The molecule has 21 heavy (non-hydrogen) atoms. The molecule has 4 nitrogen and oxygen atoms in total. The number of thiazole rings is 1. The molecule has 0 atom stereocenters. The van der Waals surface area contributed by atoms with E-state index in [1.807, 2.05) is 6.92 Å². The van der Waals surface area contributed by atoms with E-state index in [0.29, 0.717) is 22.4 Å². The van der Waals surface area contributed by atoms with Crippen LogP contribution < -0.4 is 5.32 Å². The molecule has 0 radical (unpaired) electrons. The lowest BCUT2D eigenvalue weighted by molar-refractivity contribution is -0.134. The molecule has 2 heterocycles. The number of amides is 1. The number of anilines is 1. The normalized spacial score (nSPS) is 11.4. The van der Waals surface area contributed by atoms with Crippen LogP contribution in [0.2, 0.25) is 0 Å². The Morgan fingerprint density at radius 2 is 2.19 bits per heavy atom. The van der Waals surface area contributed by atoms with Crippen molar-refractivity contribution < 1.29 is 18.0 Å². The van der Waals surface area contributed by atoms with Gasteiger partial charge in [-0.15, -0.1) is 11.8 Å². The van der Waals surface area contributed by atoms with Gasteiger partial charge in [0, 0.05) is 11.1 Å². The molecule has 0 aromatic carbocycles. The molecular weight excluding hydrogens is 323 g/mol. The Balaban J connectivity index is 2.17. The van der Waals surface area contributed by atoms with Gasteiger partial charge < -0.3 is 0 Å². The highest BCUT2D eigenvalue weighted by molar-refractivity contribution is 7.99. The molecule has 0 spiro atoms. The number of nitrogens with zero attached hydrogens (tertiary/aromatic N) is 2. The Morgan fingerprint density at radius 3 is 2.81 bits per heavy atom. The fourth-order valence-electron chi connectivity index (χ4n) is 1.45. The van der Waals surface area contributed by atoms with Crippen LogP contribution in [0.5, 0.6) is 0 Å². The van der Waals surface area contributed by atoms with E-state index in [9.17, 15) is 18.0 Å². The average Bonchev–Trinajstić information content (AvgIpc) is 2.88. The van der Waals surface area contributed by atoms with Gasteiger partial charge >= 0.3 is 6.18 Å². The monoisotopic (exact) mass is 333 g/mol. The average molecular weight is 333 g/mol. The highest BCUT2D eigenvalue weighted by atomic mass is 32.2. The molecule has 0 aliphatic heterocycles. The molecule has 1 amide bonds. The van der Waals surface area contributed by atoms with Gasteiger partial charge in [-0.25, -0.2) is 9.97 Å². The topological polar surface area (TPSA) is 54.9 Å². The molecule has 0 fully saturated rings. The van der Waals surface area contributed by atoms with Gasteiger partial charge in [-0.1, -0.05) is 18.3 Å². The fourth-order valence-corrected chi connectivity index (χ4v) is 2.90. The van der Waals surface area contributed by atoms with Crippen molar-refractivity contribution in [3.05, 3.63) is 35.1 Å². The first kappa shape index (κ1) is 15.8. The van der Waals surface area contributed by atoms with Gasteiger partial charge in [0.05, 0.1) is 6.20 Å². The Bertz CT molecular complexity index is 643. The van der Waals surface area contributed by atoms with Crippen molar-refractivity contribution in [1.82, 2.24) is 9.97 Å². The van der Waals surface area contributed by atoms with E-state index < -0.39 is 17.0 Å². The van der Waals surface area contributed by atoms with Crippen molar-refractivity contribution in [1.29, 1.82) is 0 Å². The second kappa shape index (κ2) is 6.44. The molecule has 2 rings (SSSR count). The highest BCUT2D eigenvalue weighted by Gasteiger charge is 2.33. The van der Waals surface area contributed by atoms with Crippen molar-refractivity contribution in [3.63, 3.8) is 0 Å². The molecule has 0 saturated heterocycles. The molecule has 0 saturated carbocycles. The minimum Gasteiger partial charge on any atom is -0.296 e. The Labute approximate surface area is 126 Å². The zero-order valence-electron chi connectivity index (χ0n) is 10.8. The van der Waals surface area contributed by atoms with Crippen LogP contribution in [-0.2, 0) is 6.18 Å². The number of rotatable bonds is 4. The predicted molar refractivity (Wildman–Crippen MR) is 75.7 cm³/mol. The number of carbonyl (C=O) groups excluding carboxylic acids is 1. The number of pyridine rings is 1. The lowest BCUT2D eigenvalue weighted by Crippen LogP contribution is -2.14. The van der Waals surface area contributed by atoms with Gasteiger partial charge in [0.2, 0.25) is 0 Å². The quantitative estimate of drug-likeness (QED) is 0.862. The summed E-state index contributed by atoms with van der Waals surface area (Å²) in [6, 6.07) is 3.43. The fraction of sp³-hybridized carbons (Fsp3) is 0.250. The molecule has 0 bridgehead atoms. The summed E-state index contributed by atoms with van der Waals surface area (Å²) in [7, 11) is 0. The molecule has 0 unspecified atom stereocenters. The number of aromatic nitrogens is 2. The maximum atomic E-state index is 12.5. The van der Waals surface area contributed by atoms with Crippen molar-refractivity contribution in [2.75, 3.05) is 11.1 Å². The number of halogens is 3. The van der Waals surface area contributed by atoms with Crippen molar-refractivity contribution in [3.8, 4) is 0 Å². The van der Waals surface area contributed by atoms with Gasteiger partial charge in [0.15, 0.2) is 5.13 Å². The number of carbonyl (C=O) groups is 1. The first-order chi connectivity index (χ1) is 9.91. The van der Waals surface area contributed by atoms with Gasteiger partial charge in [-0.2, -0.15) is 13.2 Å². The number of hydrogen-bond donors (Lipinski definition) is 1. The zero-order valence-corrected chi connectivity index (χ0v) is 12.4. The summed E-state index contributed by atoms with van der Waals surface area (Å²) in [5.41, 5.74) is 0.174. The van der Waals surface area contributed by atoms with E-state index in [-0.39, 0.29) is 10.8 Å². The first-order valence-corrected chi connectivity index (χ1v) is 7.64. The molecule has 2 aromatic rings. The molecule has 112 valence electrons. The van der Waals surface area contributed by atoms with E-state index in [1.54, 1.807) is 12.1 Å². The lowest BCUT2D eigenvalue weighted by Gasteiger charge is -2.06. The standard InChI is InChI=1S/C12H10F3N3OS2/c1-2-20-7-4-3-5-16-9(7)10(19)18-11-17-6-8(21-11)12(13,14)15/h3-6H,2H2,1H3,(H,17,18,19). The highest BCUT2D eigenvalue weighted by Crippen LogP contribution is 2.35. The summed E-state index contributed by atoms with van der Waals surface area (Å²) in [5, 5.41) is 2.24. The van der Waals surface area contributed by atoms with Crippen LogP contribution in [-0.4, -0.2) is 21.6 Å². The molecule has 0 aliphatic rings. The number of nitrogens with one attached hydrogen (secondary N) is 1.